The van der Waals surface area contributed by atoms with Crippen LogP contribution < -0.4 is 5.32 Å². The number of carbonyl (C=O) groups excluding carboxylic acids is 1. The summed E-state index contributed by atoms with van der Waals surface area (Å²) in [5.41, 5.74) is 3.17. The molecule has 0 spiro atoms. The van der Waals surface area contributed by atoms with Crippen LogP contribution in [0.25, 0.3) is 0 Å². The highest BCUT2D eigenvalue weighted by Gasteiger charge is 2.28. The number of anilines is 1. The van der Waals surface area contributed by atoms with Crippen LogP contribution in [0.3, 0.4) is 0 Å². The van der Waals surface area contributed by atoms with Crippen molar-refractivity contribution in [1.82, 2.24) is 15.1 Å². The number of aromatic nitrogens is 2. The predicted octanol–water partition coefficient (Wildman–Crippen LogP) is 4.05. The van der Waals surface area contributed by atoms with Crippen LogP contribution in [0.15, 0.2) is 48.5 Å². The van der Waals surface area contributed by atoms with E-state index in [0.717, 1.165) is 17.8 Å². The highest BCUT2D eigenvalue weighted by Crippen LogP contribution is 2.36. The van der Waals surface area contributed by atoms with Gasteiger partial charge in [-0.15, -0.1) is 16.6 Å². The maximum absolute atomic E-state index is 13.0. The van der Waals surface area contributed by atoms with Crippen molar-refractivity contribution < 1.29 is 9.18 Å². The van der Waals surface area contributed by atoms with Crippen molar-refractivity contribution in [2.45, 2.75) is 25.4 Å². The lowest BCUT2D eigenvalue weighted by atomic mass is 10.1. The minimum Gasteiger partial charge on any atom is -0.320 e. The second-order valence-electron chi connectivity index (χ2n) is 6.82. The van der Waals surface area contributed by atoms with Gasteiger partial charge in [0.15, 0.2) is 0 Å². The molecule has 1 atom stereocenters. The maximum atomic E-state index is 13.0. The maximum Gasteiger partial charge on any atom is 0.286 e. The molecule has 4 rings (SSSR count). The first-order chi connectivity index (χ1) is 14.1. The third-order valence-electron chi connectivity index (χ3n) is 4.94. The van der Waals surface area contributed by atoms with Crippen LogP contribution >= 0.6 is 11.3 Å². The lowest BCUT2D eigenvalue weighted by Crippen LogP contribution is -2.27. The summed E-state index contributed by atoms with van der Waals surface area (Å²) in [4.78, 5) is 14.6. The van der Waals surface area contributed by atoms with E-state index in [-0.39, 0.29) is 22.8 Å². The number of hydrogen-bond donors (Lipinski definition) is 1. The van der Waals surface area contributed by atoms with Crippen LogP contribution in [0.2, 0.25) is 0 Å². The molecule has 0 radical (unpaired) electrons. The standard InChI is InChI=1S/C22H19FN4OS/c1-2-13-27(19-12-7-15-5-3-4-6-18(15)19)14-20-25-26-22(29-20)21(28)24-17-10-8-16(23)9-11-17/h1,3-6,8-11,19H,7,12-14H2,(H,24,28)/t19-/m1/s1. The Morgan fingerprint density at radius 3 is 2.83 bits per heavy atom. The Labute approximate surface area is 172 Å². The Hall–Kier alpha value is -3.08. The van der Waals surface area contributed by atoms with Crippen LogP contribution in [-0.4, -0.2) is 27.5 Å². The Morgan fingerprint density at radius 1 is 1.24 bits per heavy atom. The van der Waals surface area contributed by atoms with Gasteiger partial charge in [0.2, 0.25) is 5.01 Å². The van der Waals surface area contributed by atoms with E-state index in [1.165, 1.54) is 46.7 Å². The average molecular weight is 406 g/mol. The molecule has 1 aliphatic rings. The summed E-state index contributed by atoms with van der Waals surface area (Å²) >= 11 is 1.24. The van der Waals surface area contributed by atoms with Crippen LogP contribution in [0.5, 0.6) is 0 Å². The van der Waals surface area contributed by atoms with Gasteiger partial charge in [-0.3, -0.25) is 9.69 Å². The van der Waals surface area contributed by atoms with Gasteiger partial charge in [-0.05, 0) is 48.2 Å². The molecule has 0 saturated carbocycles. The zero-order valence-electron chi connectivity index (χ0n) is 15.6. The van der Waals surface area contributed by atoms with E-state index in [1.807, 2.05) is 6.07 Å². The summed E-state index contributed by atoms with van der Waals surface area (Å²) in [6, 6.07) is 14.2. The molecule has 0 aliphatic heterocycles. The molecule has 2 aromatic carbocycles. The van der Waals surface area contributed by atoms with E-state index in [0.29, 0.717) is 18.8 Å². The number of benzene rings is 2. The van der Waals surface area contributed by atoms with Gasteiger partial charge in [0.05, 0.1) is 13.1 Å². The van der Waals surface area contributed by atoms with Gasteiger partial charge in [-0.2, -0.15) is 0 Å². The van der Waals surface area contributed by atoms with Crippen molar-refractivity contribution >= 4 is 22.9 Å². The number of amides is 1. The Bertz CT molecular complexity index is 1060. The lowest BCUT2D eigenvalue weighted by Gasteiger charge is -2.26. The molecule has 0 saturated heterocycles. The van der Waals surface area contributed by atoms with E-state index in [9.17, 15) is 9.18 Å². The molecule has 1 heterocycles. The highest BCUT2D eigenvalue weighted by molar-refractivity contribution is 7.13. The normalized spacial score (nSPS) is 15.1. The van der Waals surface area contributed by atoms with Gasteiger partial charge in [0, 0.05) is 11.7 Å². The molecule has 7 heteroatoms. The smallest absolute Gasteiger partial charge is 0.286 e. The molecule has 1 aromatic heterocycles. The Morgan fingerprint density at radius 2 is 2.03 bits per heavy atom. The Balaban J connectivity index is 1.46. The average Bonchev–Trinajstić information content (AvgIpc) is 3.36. The predicted molar refractivity (Wildman–Crippen MR) is 111 cm³/mol. The van der Waals surface area contributed by atoms with E-state index >= 15 is 0 Å². The highest BCUT2D eigenvalue weighted by atomic mass is 32.1. The van der Waals surface area contributed by atoms with Gasteiger partial charge in [-0.1, -0.05) is 41.5 Å². The number of aryl methyl sites for hydroxylation is 1. The van der Waals surface area contributed by atoms with Crippen LogP contribution in [-0.2, 0) is 13.0 Å². The van der Waals surface area contributed by atoms with E-state index in [2.05, 4.69) is 44.5 Å². The SMILES string of the molecule is C#CCN(Cc1nnc(C(=O)Nc2ccc(F)cc2)s1)[C@@H]1CCc2ccccc21. The van der Waals surface area contributed by atoms with E-state index in [1.54, 1.807) is 0 Å². The monoisotopic (exact) mass is 406 g/mol. The van der Waals surface area contributed by atoms with Gasteiger partial charge in [-0.25, -0.2) is 4.39 Å². The van der Waals surface area contributed by atoms with E-state index < -0.39 is 0 Å². The minimum atomic E-state index is -0.366. The molecule has 0 fully saturated rings. The molecule has 0 unspecified atom stereocenters. The van der Waals surface area contributed by atoms with Crippen molar-refractivity contribution in [2.75, 3.05) is 11.9 Å². The molecule has 1 aliphatic carbocycles. The zero-order valence-corrected chi connectivity index (χ0v) is 16.5. The van der Waals surface area contributed by atoms with Gasteiger partial charge < -0.3 is 5.32 Å². The van der Waals surface area contributed by atoms with Crippen molar-refractivity contribution in [3.05, 3.63) is 75.5 Å². The number of nitrogens with one attached hydrogen (secondary N) is 1. The van der Waals surface area contributed by atoms with Crippen LogP contribution in [0.1, 0.15) is 38.4 Å². The number of nitrogens with zero attached hydrogens (tertiary/aromatic N) is 3. The summed E-state index contributed by atoms with van der Waals surface area (Å²) in [6.45, 7) is 1.03. The first-order valence-corrected chi connectivity index (χ1v) is 10.1. The van der Waals surface area contributed by atoms with Crippen molar-refractivity contribution in [2.24, 2.45) is 0 Å². The molecule has 146 valence electrons. The molecular weight excluding hydrogens is 387 g/mol. The molecule has 5 nitrogen and oxygen atoms in total. The van der Waals surface area contributed by atoms with Crippen LogP contribution in [0, 0.1) is 18.2 Å². The Kier molecular flexibility index (Phi) is 5.65. The second kappa shape index (κ2) is 8.52. The molecule has 29 heavy (non-hydrogen) atoms. The van der Waals surface area contributed by atoms with E-state index in [4.69, 9.17) is 6.42 Å². The number of terminal acetylenes is 1. The van der Waals surface area contributed by atoms with Crippen molar-refractivity contribution in [3.63, 3.8) is 0 Å². The molecule has 0 bridgehead atoms. The largest absolute Gasteiger partial charge is 0.320 e. The van der Waals surface area contributed by atoms with Crippen LogP contribution in [0.4, 0.5) is 10.1 Å². The summed E-state index contributed by atoms with van der Waals surface area (Å²) < 4.78 is 13.0. The molecular formula is C22H19FN4OS. The number of halogens is 1. The summed E-state index contributed by atoms with van der Waals surface area (Å²) in [7, 11) is 0. The first-order valence-electron chi connectivity index (χ1n) is 9.28. The summed E-state index contributed by atoms with van der Waals surface area (Å²) in [5, 5.41) is 11.9. The van der Waals surface area contributed by atoms with Gasteiger partial charge in [0.25, 0.3) is 5.91 Å². The van der Waals surface area contributed by atoms with Crippen molar-refractivity contribution in [3.8, 4) is 12.3 Å². The fraction of sp³-hybridized carbons (Fsp3) is 0.227. The van der Waals surface area contributed by atoms with Gasteiger partial charge in [0.1, 0.15) is 10.8 Å². The number of fused-ring (bicyclic) bond motifs is 1. The molecule has 1 amide bonds. The fourth-order valence-corrected chi connectivity index (χ4v) is 4.37. The first kappa shape index (κ1) is 19.2. The fourth-order valence-electron chi connectivity index (χ4n) is 3.61. The quantitative estimate of drug-likeness (QED) is 0.628. The third kappa shape index (κ3) is 4.34. The summed E-state index contributed by atoms with van der Waals surface area (Å²) in [5.74, 6) is 2.01. The van der Waals surface area contributed by atoms with Gasteiger partial charge >= 0.3 is 0 Å². The lowest BCUT2D eigenvalue weighted by molar-refractivity contribution is 0.102. The second-order valence-corrected chi connectivity index (χ2v) is 7.89. The third-order valence-corrected chi connectivity index (χ3v) is 5.84. The molecule has 1 N–H and O–H groups in total. The number of rotatable bonds is 6. The zero-order chi connectivity index (χ0) is 20.2. The summed E-state index contributed by atoms with van der Waals surface area (Å²) in [6.07, 6.45) is 7.65. The number of carbonyl (C=O) groups is 1. The molecule has 3 aromatic rings. The van der Waals surface area contributed by atoms with Crippen molar-refractivity contribution in [1.29, 1.82) is 0 Å². The number of hydrogen-bond acceptors (Lipinski definition) is 5. The topological polar surface area (TPSA) is 58.1 Å². The minimum absolute atomic E-state index is 0.239.